The number of rotatable bonds is 7. The molecule has 3 aromatic rings. The molecule has 2 aromatic carbocycles. The number of aromatic nitrogens is 1. The molecule has 0 radical (unpaired) electrons. The van der Waals surface area contributed by atoms with Crippen LogP contribution in [0.3, 0.4) is 0 Å². The third-order valence-corrected chi connectivity index (χ3v) is 6.94. The van der Waals surface area contributed by atoms with Crippen molar-refractivity contribution in [1.82, 2.24) is 10.3 Å². The summed E-state index contributed by atoms with van der Waals surface area (Å²) in [7, 11) is 0. The quantitative estimate of drug-likeness (QED) is 0.440. The van der Waals surface area contributed by atoms with Crippen LogP contribution in [0.25, 0.3) is 0 Å². The second-order valence-electron chi connectivity index (χ2n) is 8.67. The topological polar surface area (TPSA) is 45.2 Å². The van der Waals surface area contributed by atoms with Gasteiger partial charge >= 0.3 is 0 Å². The maximum absolute atomic E-state index is 13.8. The number of halogens is 2. The molecule has 1 aromatic heterocycles. The highest BCUT2D eigenvalue weighted by atomic mass is 35.5. The third-order valence-electron chi connectivity index (χ3n) is 6.44. The van der Waals surface area contributed by atoms with Crippen LogP contribution in [-0.2, 0) is 11.2 Å². The SMILES string of the molecule is CC(C(Cc1ccc(Cl)cc1)c1ccc(Cl)cc1)N(C(=O)C1CCCNC1)c1ccccn1. The van der Waals surface area contributed by atoms with Gasteiger partial charge in [0.15, 0.2) is 0 Å². The first-order valence-corrected chi connectivity index (χ1v) is 12.2. The molecule has 1 aliphatic heterocycles. The van der Waals surface area contributed by atoms with Crippen LogP contribution in [-0.4, -0.2) is 30.0 Å². The van der Waals surface area contributed by atoms with E-state index in [1.807, 2.05) is 47.4 Å². The Hall–Kier alpha value is -2.40. The first-order chi connectivity index (χ1) is 16.0. The van der Waals surface area contributed by atoms with Gasteiger partial charge in [-0.1, -0.05) is 53.5 Å². The van der Waals surface area contributed by atoms with E-state index in [-0.39, 0.29) is 23.8 Å². The van der Waals surface area contributed by atoms with Gasteiger partial charge in [-0.25, -0.2) is 4.98 Å². The monoisotopic (exact) mass is 481 g/mol. The van der Waals surface area contributed by atoms with E-state index in [0.29, 0.717) is 22.4 Å². The van der Waals surface area contributed by atoms with Crippen molar-refractivity contribution in [1.29, 1.82) is 0 Å². The molecule has 0 aliphatic carbocycles. The normalized spacial score (nSPS) is 17.8. The highest BCUT2D eigenvalue weighted by Crippen LogP contribution is 2.32. The molecule has 1 N–H and O–H groups in total. The molecule has 1 amide bonds. The fourth-order valence-electron chi connectivity index (χ4n) is 4.61. The average Bonchev–Trinajstić information content (AvgIpc) is 2.85. The fourth-order valence-corrected chi connectivity index (χ4v) is 4.86. The number of hydrogen-bond donors (Lipinski definition) is 1. The second-order valence-corrected chi connectivity index (χ2v) is 9.54. The van der Waals surface area contributed by atoms with Crippen LogP contribution in [0.1, 0.15) is 36.8 Å². The van der Waals surface area contributed by atoms with E-state index in [1.54, 1.807) is 6.20 Å². The van der Waals surface area contributed by atoms with Gasteiger partial charge in [-0.05, 0) is 80.3 Å². The Morgan fingerprint density at radius 3 is 2.36 bits per heavy atom. The van der Waals surface area contributed by atoms with Gasteiger partial charge in [0.25, 0.3) is 0 Å². The van der Waals surface area contributed by atoms with Gasteiger partial charge in [-0.2, -0.15) is 0 Å². The Bertz CT molecular complexity index is 1040. The van der Waals surface area contributed by atoms with Gasteiger partial charge in [0, 0.05) is 34.7 Å². The van der Waals surface area contributed by atoms with Gasteiger partial charge in [0.1, 0.15) is 5.82 Å². The Morgan fingerprint density at radius 1 is 1.06 bits per heavy atom. The number of anilines is 1. The summed E-state index contributed by atoms with van der Waals surface area (Å²) in [6.07, 6.45) is 4.41. The van der Waals surface area contributed by atoms with Crippen LogP contribution in [0, 0.1) is 5.92 Å². The zero-order chi connectivity index (χ0) is 23.2. The Morgan fingerprint density at radius 2 is 1.76 bits per heavy atom. The van der Waals surface area contributed by atoms with Gasteiger partial charge in [0.05, 0.1) is 5.92 Å². The van der Waals surface area contributed by atoms with Crippen LogP contribution >= 0.6 is 23.2 Å². The number of carbonyl (C=O) groups is 1. The van der Waals surface area contributed by atoms with Gasteiger partial charge in [0.2, 0.25) is 5.91 Å². The minimum absolute atomic E-state index is 0.0472. The van der Waals surface area contributed by atoms with Crippen molar-refractivity contribution in [3.05, 3.63) is 94.1 Å². The maximum Gasteiger partial charge on any atom is 0.232 e. The van der Waals surface area contributed by atoms with E-state index >= 15 is 0 Å². The zero-order valence-corrected chi connectivity index (χ0v) is 20.3. The molecule has 0 spiro atoms. The Balaban J connectivity index is 1.72. The molecule has 172 valence electrons. The van der Waals surface area contributed by atoms with Crippen molar-refractivity contribution in [2.45, 2.75) is 38.1 Å². The first-order valence-electron chi connectivity index (χ1n) is 11.5. The first kappa shape index (κ1) is 23.7. The van der Waals surface area contributed by atoms with Crippen LogP contribution < -0.4 is 10.2 Å². The number of pyridine rings is 1. The smallest absolute Gasteiger partial charge is 0.232 e. The number of hydrogen-bond acceptors (Lipinski definition) is 3. The van der Waals surface area contributed by atoms with Gasteiger partial charge in [-0.3, -0.25) is 9.69 Å². The molecule has 1 fully saturated rings. The molecule has 1 aliphatic rings. The number of nitrogens with one attached hydrogen (secondary N) is 1. The van der Waals surface area contributed by atoms with E-state index in [9.17, 15) is 4.79 Å². The van der Waals surface area contributed by atoms with Crippen molar-refractivity contribution < 1.29 is 4.79 Å². The third kappa shape index (κ3) is 5.94. The van der Waals surface area contributed by atoms with Crippen LogP contribution in [0.2, 0.25) is 10.0 Å². The minimum Gasteiger partial charge on any atom is -0.316 e. The van der Waals surface area contributed by atoms with Gasteiger partial charge in [-0.15, -0.1) is 0 Å². The van der Waals surface area contributed by atoms with Gasteiger partial charge < -0.3 is 5.32 Å². The molecule has 0 saturated carbocycles. The summed E-state index contributed by atoms with van der Waals surface area (Å²) in [5, 5.41) is 4.79. The standard InChI is InChI=1S/C27H29Cl2N3O/c1-19(32(26-6-2-3-16-31-26)27(33)22-5-4-15-30-18-22)25(21-9-13-24(29)14-10-21)17-20-7-11-23(28)12-8-20/h2-3,6-14,16,19,22,25,30H,4-5,15,17-18H2,1H3. The summed E-state index contributed by atoms with van der Waals surface area (Å²) >= 11 is 12.3. The average molecular weight is 482 g/mol. The molecule has 4 nitrogen and oxygen atoms in total. The van der Waals surface area contributed by atoms with E-state index in [0.717, 1.165) is 31.4 Å². The summed E-state index contributed by atoms with van der Waals surface area (Å²) in [5.41, 5.74) is 2.30. The number of piperidine rings is 1. The van der Waals surface area contributed by atoms with E-state index in [2.05, 4.69) is 41.5 Å². The van der Waals surface area contributed by atoms with Crippen molar-refractivity contribution in [2.75, 3.05) is 18.0 Å². The molecule has 0 bridgehead atoms. The lowest BCUT2D eigenvalue weighted by atomic mass is 9.85. The van der Waals surface area contributed by atoms with Crippen molar-refractivity contribution in [2.24, 2.45) is 5.92 Å². The zero-order valence-electron chi connectivity index (χ0n) is 18.8. The summed E-state index contributed by atoms with van der Waals surface area (Å²) < 4.78 is 0. The maximum atomic E-state index is 13.8. The summed E-state index contributed by atoms with van der Waals surface area (Å²) in [6.45, 7) is 3.79. The molecule has 1 saturated heterocycles. The molecular formula is C27H29Cl2N3O. The lowest BCUT2D eigenvalue weighted by Gasteiger charge is -2.37. The lowest BCUT2D eigenvalue weighted by molar-refractivity contribution is -0.123. The van der Waals surface area contributed by atoms with Crippen LogP contribution in [0.15, 0.2) is 72.9 Å². The Labute approximate surface area is 205 Å². The molecule has 33 heavy (non-hydrogen) atoms. The van der Waals surface area contributed by atoms with E-state index < -0.39 is 0 Å². The molecule has 3 unspecified atom stereocenters. The fraction of sp³-hybridized carbons (Fsp3) is 0.333. The van der Waals surface area contributed by atoms with E-state index in [4.69, 9.17) is 23.2 Å². The summed E-state index contributed by atoms with van der Waals surface area (Å²) in [5.74, 6) is 0.815. The lowest BCUT2D eigenvalue weighted by Crippen LogP contribution is -2.49. The molecule has 4 rings (SSSR count). The minimum atomic E-state index is -0.119. The predicted octanol–water partition coefficient (Wildman–Crippen LogP) is 6.14. The molecular weight excluding hydrogens is 453 g/mol. The van der Waals surface area contributed by atoms with Crippen molar-refractivity contribution in [3.63, 3.8) is 0 Å². The molecule has 6 heteroatoms. The van der Waals surface area contributed by atoms with Crippen LogP contribution in [0.4, 0.5) is 5.82 Å². The highest BCUT2D eigenvalue weighted by molar-refractivity contribution is 6.30. The highest BCUT2D eigenvalue weighted by Gasteiger charge is 2.34. The van der Waals surface area contributed by atoms with Crippen LogP contribution in [0.5, 0.6) is 0 Å². The number of carbonyl (C=O) groups excluding carboxylic acids is 1. The predicted molar refractivity (Wildman–Crippen MR) is 136 cm³/mol. The molecule has 3 atom stereocenters. The van der Waals surface area contributed by atoms with Crippen molar-refractivity contribution in [3.8, 4) is 0 Å². The summed E-state index contributed by atoms with van der Waals surface area (Å²) in [4.78, 5) is 20.3. The summed E-state index contributed by atoms with van der Waals surface area (Å²) in [6, 6.07) is 21.5. The number of benzene rings is 2. The number of amides is 1. The Kier molecular flexibility index (Phi) is 8.02. The number of nitrogens with zero attached hydrogens (tertiary/aromatic N) is 2. The molecule has 2 heterocycles. The van der Waals surface area contributed by atoms with E-state index in [1.165, 1.54) is 5.56 Å². The van der Waals surface area contributed by atoms with Crippen molar-refractivity contribution >= 4 is 34.9 Å². The largest absolute Gasteiger partial charge is 0.316 e. The second kappa shape index (κ2) is 11.1.